The lowest BCUT2D eigenvalue weighted by molar-refractivity contribution is 0.306. The SMILES string of the molecule is CC(C)CS(=O)(=O)N(CCO)c1cccc(F)c1. The molecule has 4 nitrogen and oxygen atoms in total. The van der Waals surface area contributed by atoms with Gasteiger partial charge < -0.3 is 5.11 Å². The average Bonchev–Trinajstić information content (AvgIpc) is 2.23. The fraction of sp³-hybridized carbons (Fsp3) is 0.500. The molecule has 0 heterocycles. The summed E-state index contributed by atoms with van der Waals surface area (Å²) in [6.45, 7) is 3.20. The molecule has 18 heavy (non-hydrogen) atoms. The lowest BCUT2D eigenvalue weighted by Crippen LogP contribution is -2.36. The van der Waals surface area contributed by atoms with E-state index in [9.17, 15) is 12.8 Å². The minimum absolute atomic E-state index is 0.0373. The summed E-state index contributed by atoms with van der Waals surface area (Å²) < 4.78 is 38.5. The van der Waals surface area contributed by atoms with E-state index in [2.05, 4.69) is 0 Å². The smallest absolute Gasteiger partial charge is 0.235 e. The Kier molecular flexibility index (Phi) is 5.10. The standard InChI is InChI=1S/C12H18FNO3S/c1-10(2)9-18(16,17)14(6-7-15)12-5-3-4-11(13)8-12/h3-5,8,10,15H,6-7,9H2,1-2H3. The van der Waals surface area contributed by atoms with Crippen LogP contribution in [-0.2, 0) is 10.0 Å². The van der Waals surface area contributed by atoms with E-state index in [1.165, 1.54) is 18.2 Å². The molecule has 0 saturated heterocycles. The van der Waals surface area contributed by atoms with Crippen molar-refractivity contribution in [1.82, 2.24) is 0 Å². The first-order chi connectivity index (χ1) is 8.36. The Morgan fingerprint density at radius 1 is 1.39 bits per heavy atom. The second kappa shape index (κ2) is 6.15. The molecular weight excluding hydrogens is 257 g/mol. The molecule has 1 aromatic rings. The monoisotopic (exact) mass is 275 g/mol. The van der Waals surface area contributed by atoms with E-state index in [1.807, 2.05) is 0 Å². The van der Waals surface area contributed by atoms with Crippen LogP contribution in [0.25, 0.3) is 0 Å². The first kappa shape index (κ1) is 14.9. The zero-order valence-corrected chi connectivity index (χ0v) is 11.3. The van der Waals surface area contributed by atoms with Crippen LogP contribution in [0.15, 0.2) is 24.3 Å². The van der Waals surface area contributed by atoms with Crippen molar-refractivity contribution in [2.45, 2.75) is 13.8 Å². The van der Waals surface area contributed by atoms with E-state index in [1.54, 1.807) is 13.8 Å². The third kappa shape index (κ3) is 3.96. The van der Waals surface area contributed by atoms with Gasteiger partial charge in [0.2, 0.25) is 10.0 Å². The number of halogens is 1. The third-order valence-corrected chi connectivity index (χ3v) is 4.43. The van der Waals surface area contributed by atoms with E-state index >= 15 is 0 Å². The zero-order valence-electron chi connectivity index (χ0n) is 10.5. The first-order valence-electron chi connectivity index (χ1n) is 5.73. The number of rotatable bonds is 6. The average molecular weight is 275 g/mol. The fourth-order valence-electron chi connectivity index (χ4n) is 1.66. The number of aliphatic hydroxyl groups is 1. The Balaban J connectivity index is 3.10. The van der Waals surface area contributed by atoms with E-state index in [4.69, 9.17) is 5.11 Å². The Morgan fingerprint density at radius 2 is 2.06 bits per heavy atom. The number of anilines is 1. The summed E-state index contributed by atoms with van der Waals surface area (Å²) in [5, 5.41) is 8.96. The number of aliphatic hydroxyl groups excluding tert-OH is 1. The van der Waals surface area contributed by atoms with Crippen LogP contribution in [-0.4, -0.2) is 32.4 Å². The van der Waals surface area contributed by atoms with Gasteiger partial charge in [0.1, 0.15) is 5.82 Å². The molecule has 1 N–H and O–H groups in total. The molecular formula is C12H18FNO3S. The molecule has 0 atom stereocenters. The van der Waals surface area contributed by atoms with Gasteiger partial charge in [0.05, 0.1) is 24.6 Å². The van der Waals surface area contributed by atoms with Crippen molar-refractivity contribution in [2.75, 3.05) is 23.2 Å². The Morgan fingerprint density at radius 3 is 2.56 bits per heavy atom. The van der Waals surface area contributed by atoms with Gasteiger partial charge in [-0.1, -0.05) is 19.9 Å². The van der Waals surface area contributed by atoms with Crippen molar-refractivity contribution in [3.05, 3.63) is 30.1 Å². The summed E-state index contributed by atoms with van der Waals surface area (Å²) in [6, 6.07) is 5.35. The summed E-state index contributed by atoms with van der Waals surface area (Å²) in [5.41, 5.74) is 0.240. The molecule has 1 aromatic carbocycles. The van der Waals surface area contributed by atoms with Crippen LogP contribution < -0.4 is 4.31 Å². The minimum atomic E-state index is -3.55. The summed E-state index contributed by atoms with van der Waals surface area (Å²) in [4.78, 5) is 0. The first-order valence-corrected chi connectivity index (χ1v) is 7.34. The van der Waals surface area contributed by atoms with Gasteiger partial charge in [0.25, 0.3) is 0 Å². The Bertz CT molecular complexity index is 488. The maximum absolute atomic E-state index is 13.1. The topological polar surface area (TPSA) is 57.6 Å². The Hall–Kier alpha value is -1.14. The van der Waals surface area contributed by atoms with E-state index < -0.39 is 15.8 Å². The van der Waals surface area contributed by atoms with Gasteiger partial charge in [-0.05, 0) is 24.1 Å². The van der Waals surface area contributed by atoms with Gasteiger partial charge >= 0.3 is 0 Å². The van der Waals surface area contributed by atoms with Gasteiger partial charge in [-0.15, -0.1) is 0 Å². The molecule has 0 bridgehead atoms. The minimum Gasteiger partial charge on any atom is -0.394 e. The molecule has 0 aromatic heterocycles. The number of hydrogen-bond acceptors (Lipinski definition) is 3. The molecule has 0 spiro atoms. The summed E-state index contributed by atoms with van der Waals surface area (Å²) >= 11 is 0. The number of sulfonamides is 1. The van der Waals surface area contributed by atoms with Crippen molar-refractivity contribution in [3.63, 3.8) is 0 Å². The molecule has 1 rings (SSSR count). The van der Waals surface area contributed by atoms with Gasteiger partial charge in [0, 0.05) is 0 Å². The van der Waals surface area contributed by atoms with Gasteiger partial charge in [0.15, 0.2) is 0 Å². The van der Waals surface area contributed by atoms with Crippen molar-refractivity contribution < 1.29 is 17.9 Å². The van der Waals surface area contributed by atoms with Crippen LogP contribution in [0.1, 0.15) is 13.8 Å². The molecule has 102 valence electrons. The molecule has 0 aliphatic rings. The van der Waals surface area contributed by atoms with Crippen molar-refractivity contribution >= 4 is 15.7 Å². The van der Waals surface area contributed by atoms with Gasteiger partial charge in [-0.2, -0.15) is 0 Å². The van der Waals surface area contributed by atoms with Crippen LogP contribution in [0, 0.1) is 11.7 Å². The molecule has 0 fully saturated rings. The summed E-state index contributed by atoms with van der Waals surface area (Å²) in [6.07, 6.45) is 0. The molecule has 0 amide bonds. The van der Waals surface area contributed by atoms with Crippen LogP contribution in [0.3, 0.4) is 0 Å². The molecule has 0 aliphatic carbocycles. The van der Waals surface area contributed by atoms with Crippen LogP contribution in [0.2, 0.25) is 0 Å². The van der Waals surface area contributed by atoms with Crippen LogP contribution in [0.5, 0.6) is 0 Å². The highest BCUT2D eigenvalue weighted by atomic mass is 32.2. The molecule has 6 heteroatoms. The lowest BCUT2D eigenvalue weighted by atomic mass is 10.3. The predicted octanol–water partition coefficient (Wildman–Crippen LogP) is 1.61. The second-order valence-electron chi connectivity index (χ2n) is 4.45. The van der Waals surface area contributed by atoms with E-state index in [0.717, 1.165) is 10.4 Å². The van der Waals surface area contributed by atoms with E-state index in [-0.39, 0.29) is 30.5 Å². The highest BCUT2D eigenvalue weighted by Crippen LogP contribution is 2.20. The lowest BCUT2D eigenvalue weighted by Gasteiger charge is -2.24. The van der Waals surface area contributed by atoms with Crippen molar-refractivity contribution in [3.8, 4) is 0 Å². The largest absolute Gasteiger partial charge is 0.394 e. The van der Waals surface area contributed by atoms with Crippen molar-refractivity contribution in [2.24, 2.45) is 5.92 Å². The fourth-order valence-corrected chi connectivity index (χ4v) is 3.48. The molecule has 0 unspecified atom stereocenters. The van der Waals surface area contributed by atoms with Crippen molar-refractivity contribution in [1.29, 1.82) is 0 Å². The summed E-state index contributed by atoms with van der Waals surface area (Å²) in [5.74, 6) is -0.580. The maximum atomic E-state index is 13.1. The summed E-state index contributed by atoms with van der Waals surface area (Å²) in [7, 11) is -3.55. The van der Waals surface area contributed by atoms with Crippen LogP contribution >= 0.6 is 0 Å². The highest BCUT2D eigenvalue weighted by Gasteiger charge is 2.23. The number of benzene rings is 1. The molecule has 0 radical (unpaired) electrons. The highest BCUT2D eigenvalue weighted by molar-refractivity contribution is 7.92. The quantitative estimate of drug-likeness (QED) is 0.858. The normalized spacial score (nSPS) is 11.8. The van der Waals surface area contributed by atoms with E-state index in [0.29, 0.717) is 0 Å². The second-order valence-corrected chi connectivity index (χ2v) is 6.39. The van der Waals surface area contributed by atoms with Crippen LogP contribution in [0.4, 0.5) is 10.1 Å². The maximum Gasteiger partial charge on any atom is 0.235 e. The third-order valence-electron chi connectivity index (χ3n) is 2.28. The predicted molar refractivity (Wildman–Crippen MR) is 69.5 cm³/mol. The number of nitrogens with zero attached hydrogens (tertiary/aromatic N) is 1. The van der Waals surface area contributed by atoms with Gasteiger partial charge in [-0.3, -0.25) is 4.31 Å². The molecule has 0 saturated carbocycles. The van der Waals surface area contributed by atoms with Gasteiger partial charge in [-0.25, -0.2) is 12.8 Å². The number of hydrogen-bond donors (Lipinski definition) is 1. The molecule has 0 aliphatic heterocycles. The Labute approximate surface area is 107 Å². The zero-order chi connectivity index (χ0) is 13.8.